The number of hydrogen-bond acceptors (Lipinski definition) is 7. The number of nitrogens with one attached hydrogen (secondary N) is 2. The topological polar surface area (TPSA) is 100 Å². The van der Waals surface area contributed by atoms with Crippen molar-refractivity contribution in [3.8, 4) is 0 Å². The van der Waals surface area contributed by atoms with Gasteiger partial charge in [0.2, 0.25) is 15.9 Å². The Hall–Kier alpha value is -1.81. The zero-order valence-electron chi connectivity index (χ0n) is 13.5. The highest BCUT2D eigenvalue weighted by Crippen LogP contribution is 2.17. The highest BCUT2D eigenvalue weighted by Gasteiger charge is 2.25. The lowest BCUT2D eigenvalue weighted by Crippen LogP contribution is -2.44. The van der Waals surface area contributed by atoms with Crippen LogP contribution < -0.4 is 10.0 Å². The van der Waals surface area contributed by atoms with Crippen LogP contribution in [0.15, 0.2) is 39.8 Å². The Labute approximate surface area is 141 Å². The minimum Gasteiger partial charge on any atom is -0.339 e. The van der Waals surface area contributed by atoms with E-state index in [9.17, 15) is 8.42 Å². The predicted molar refractivity (Wildman–Crippen MR) is 87.9 cm³/mol. The molecule has 0 bridgehead atoms. The van der Waals surface area contributed by atoms with E-state index in [4.69, 9.17) is 4.52 Å². The summed E-state index contributed by atoms with van der Waals surface area (Å²) in [5, 5.41) is 7.32. The molecule has 9 heteroatoms. The van der Waals surface area contributed by atoms with Gasteiger partial charge in [-0.3, -0.25) is 4.90 Å². The first-order valence-electron chi connectivity index (χ1n) is 7.84. The average molecular weight is 351 g/mol. The van der Waals surface area contributed by atoms with E-state index in [-0.39, 0.29) is 17.5 Å². The molecule has 1 aliphatic heterocycles. The summed E-state index contributed by atoms with van der Waals surface area (Å²) in [5.74, 6) is 1.06. The zero-order chi connectivity index (χ0) is 17.0. The molecule has 1 aliphatic rings. The van der Waals surface area contributed by atoms with Crippen molar-refractivity contribution in [2.75, 3.05) is 33.2 Å². The Morgan fingerprint density at radius 3 is 2.92 bits per heavy atom. The molecule has 1 unspecified atom stereocenters. The molecular weight excluding hydrogens is 330 g/mol. The van der Waals surface area contributed by atoms with Gasteiger partial charge in [-0.1, -0.05) is 23.4 Å². The summed E-state index contributed by atoms with van der Waals surface area (Å²) in [6.45, 7) is 2.85. The monoisotopic (exact) mass is 351 g/mol. The number of rotatable bonds is 6. The molecule has 0 amide bonds. The molecule has 8 nitrogen and oxygen atoms in total. The highest BCUT2D eigenvalue weighted by molar-refractivity contribution is 7.89. The van der Waals surface area contributed by atoms with Crippen molar-refractivity contribution in [2.45, 2.75) is 17.4 Å². The van der Waals surface area contributed by atoms with Gasteiger partial charge in [-0.05, 0) is 19.2 Å². The van der Waals surface area contributed by atoms with Gasteiger partial charge in [0, 0.05) is 32.6 Å². The number of likely N-dealkylation sites (N-methyl/N-ethyl adjacent to an activating group) is 1. The predicted octanol–water partition coefficient (Wildman–Crippen LogP) is 0.167. The molecule has 2 heterocycles. The van der Waals surface area contributed by atoms with Crippen molar-refractivity contribution in [3.63, 3.8) is 0 Å². The van der Waals surface area contributed by atoms with Gasteiger partial charge in [-0.25, -0.2) is 13.1 Å². The molecule has 2 N–H and O–H groups in total. The van der Waals surface area contributed by atoms with Crippen LogP contribution in [-0.2, 0) is 16.4 Å². The number of aromatic nitrogens is 2. The number of hydrogen-bond donors (Lipinski definition) is 2. The molecule has 1 atom stereocenters. The third kappa shape index (κ3) is 3.99. The molecule has 24 heavy (non-hydrogen) atoms. The second kappa shape index (κ2) is 7.39. The van der Waals surface area contributed by atoms with Crippen LogP contribution in [-0.4, -0.2) is 56.7 Å². The highest BCUT2D eigenvalue weighted by atomic mass is 32.2. The van der Waals surface area contributed by atoms with Crippen molar-refractivity contribution in [1.29, 1.82) is 0 Å². The standard InChI is InChI=1S/C15H21N5O3S/c1-20-10-9-16-11-13(20)15-18-14(23-19-15)7-8-17-24(21,22)12-5-3-2-4-6-12/h2-6,13,16-17H,7-11H2,1H3. The average Bonchev–Trinajstić information content (AvgIpc) is 3.04. The second-order valence-corrected chi connectivity index (χ2v) is 7.47. The van der Waals surface area contributed by atoms with Crippen LogP contribution in [0.3, 0.4) is 0 Å². The van der Waals surface area contributed by atoms with E-state index >= 15 is 0 Å². The third-order valence-corrected chi connectivity index (χ3v) is 5.45. The maximum atomic E-state index is 12.1. The van der Waals surface area contributed by atoms with Crippen molar-refractivity contribution in [1.82, 2.24) is 25.1 Å². The first-order valence-corrected chi connectivity index (χ1v) is 9.33. The molecule has 130 valence electrons. The summed E-state index contributed by atoms with van der Waals surface area (Å²) in [6, 6.07) is 8.34. The van der Waals surface area contributed by atoms with Gasteiger partial charge in [0.1, 0.15) is 0 Å². The Morgan fingerprint density at radius 2 is 2.17 bits per heavy atom. The first kappa shape index (κ1) is 17.0. The number of nitrogens with zero attached hydrogens (tertiary/aromatic N) is 3. The summed E-state index contributed by atoms with van der Waals surface area (Å²) < 4.78 is 32.0. The second-order valence-electron chi connectivity index (χ2n) is 5.71. The smallest absolute Gasteiger partial charge is 0.240 e. The Balaban J connectivity index is 1.56. The van der Waals surface area contributed by atoms with Crippen LogP contribution in [0.5, 0.6) is 0 Å². The third-order valence-electron chi connectivity index (χ3n) is 3.98. The Bertz CT molecular complexity index is 762. The quantitative estimate of drug-likeness (QED) is 0.765. The van der Waals surface area contributed by atoms with Crippen LogP contribution in [0, 0.1) is 0 Å². The van der Waals surface area contributed by atoms with E-state index in [1.807, 2.05) is 7.05 Å². The van der Waals surface area contributed by atoms with E-state index in [0.717, 1.165) is 19.6 Å². The minimum atomic E-state index is -3.51. The zero-order valence-corrected chi connectivity index (χ0v) is 14.3. The van der Waals surface area contributed by atoms with Gasteiger partial charge < -0.3 is 9.84 Å². The molecule has 0 saturated carbocycles. The van der Waals surface area contributed by atoms with E-state index in [1.54, 1.807) is 30.3 Å². The van der Waals surface area contributed by atoms with Crippen molar-refractivity contribution < 1.29 is 12.9 Å². The molecule has 1 fully saturated rings. The molecule has 0 aliphatic carbocycles. The van der Waals surface area contributed by atoms with E-state index in [1.165, 1.54) is 0 Å². The molecule has 0 radical (unpaired) electrons. The number of sulfonamides is 1. The first-order chi connectivity index (χ1) is 11.6. The normalized spacial score (nSPS) is 19.5. The lowest BCUT2D eigenvalue weighted by Gasteiger charge is -2.30. The van der Waals surface area contributed by atoms with E-state index in [0.29, 0.717) is 18.1 Å². The summed E-state index contributed by atoms with van der Waals surface area (Å²) in [6.07, 6.45) is 0.350. The lowest BCUT2D eigenvalue weighted by molar-refractivity contribution is 0.190. The van der Waals surface area contributed by atoms with E-state index < -0.39 is 10.0 Å². The van der Waals surface area contributed by atoms with Crippen LogP contribution in [0.25, 0.3) is 0 Å². The molecule has 1 aromatic carbocycles. The Morgan fingerprint density at radius 1 is 1.38 bits per heavy atom. The SMILES string of the molecule is CN1CCNCC1c1noc(CCNS(=O)(=O)c2ccccc2)n1. The number of benzene rings is 1. The molecular formula is C15H21N5O3S. The maximum absolute atomic E-state index is 12.1. The maximum Gasteiger partial charge on any atom is 0.240 e. The summed E-state index contributed by atoms with van der Waals surface area (Å²) in [4.78, 5) is 6.79. The Kier molecular flexibility index (Phi) is 5.24. The molecule has 0 spiro atoms. The lowest BCUT2D eigenvalue weighted by atomic mass is 10.2. The summed E-state index contributed by atoms with van der Waals surface area (Å²) in [5.41, 5.74) is 0. The van der Waals surface area contributed by atoms with Crippen molar-refractivity contribution in [2.24, 2.45) is 0 Å². The molecule has 3 rings (SSSR count). The van der Waals surface area contributed by atoms with Crippen LogP contribution in [0.2, 0.25) is 0 Å². The molecule has 2 aromatic rings. The van der Waals surface area contributed by atoms with Crippen LogP contribution >= 0.6 is 0 Å². The van der Waals surface area contributed by atoms with Crippen molar-refractivity contribution in [3.05, 3.63) is 42.0 Å². The van der Waals surface area contributed by atoms with Gasteiger partial charge in [-0.2, -0.15) is 4.98 Å². The van der Waals surface area contributed by atoms with Gasteiger partial charge in [0.25, 0.3) is 0 Å². The fraction of sp³-hybridized carbons (Fsp3) is 0.467. The van der Waals surface area contributed by atoms with Crippen LogP contribution in [0.4, 0.5) is 0 Å². The van der Waals surface area contributed by atoms with Gasteiger partial charge in [0.05, 0.1) is 10.9 Å². The van der Waals surface area contributed by atoms with Gasteiger partial charge in [-0.15, -0.1) is 0 Å². The largest absolute Gasteiger partial charge is 0.339 e. The number of piperazine rings is 1. The molecule has 1 saturated heterocycles. The van der Waals surface area contributed by atoms with Crippen LogP contribution in [0.1, 0.15) is 17.8 Å². The summed E-state index contributed by atoms with van der Waals surface area (Å²) >= 11 is 0. The fourth-order valence-electron chi connectivity index (χ4n) is 2.57. The summed E-state index contributed by atoms with van der Waals surface area (Å²) in [7, 11) is -1.49. The van der Waals surface area contributed by atoms with Gasteiger partial charge >= 0.3 is 0 Å². The molecule has 1 aromatic heterocycles. The van der Waals surface area contributed by atoms with E-state index in [2.05, 4.69) is 25.1 Å². The van der Waals surface area contributed by atoms with Crippen molar-refractivity contribution >= 4 is 10.0 Å². The minimum absolute atomic E-state index is 0.0808. The van der Waals surface area contributed by atoms with Gasteiger partial charge in [0.15, 0.2) is 5.82 Å². The fourth-order valence-corrected chi connectivity index (χ4v) is 3.63.